The standard InChI is InChI=1S/C27H39N3O6/c1-10-19-11-13-20(14-12-19)23(24(32)28-16-22(31)35-9)30(18(4)5)25(33)21(15-17(2)3)29-26(34)36-27(6,7)8/h1,11-14,17-18,21,23H,15-16H2,2-9H3,(H,28,32)(H,29,34). The lowest BCUT2D eigenvalue weighted by molar-refractivity contribution is -0.146. The van der Waals surface area contributed by atoms with Crippen molar-refractivity contribution in [1.82, 2.24) is 15.5 Å². The molecule has 0 aromatic heterocycles. The van der Waals surface area contributed by atoms with E-state index in [9.17, 15) is 19.2 Å². The molecule has 2 atom stereocenters. The molecule has 0 saturated heterocycles. The van der Waals surface area contributed by atoms with Gasteiger partial charge in [0.1, 0.15) is 24.2 Å². The van der Waals surface area contributed by atoms with Gasteiger partial charge < -0.3 is 25.0 Å². The number of carbonyl (C=O) groups excluding carboxylic acids is 4. The Morgan fingerprint density at radius 2 is 1.64 bits per heavy atom. The van der Waals surface area contributed by atoms with Crippen molar-refractivity contribution in [3.63, 3.8) is 0 Å². The number of alkyl carbamates (subject to hydrolysis) is 1. The number of nitrogens with zero attached hydrogens (tertiary/aromatic N) is 1. The Kier molecular flexibility index (Phi) is 11.5. The molecule has 0 fully saturated rings. The average molecular weight is 502 g/mol. The summed E-state index contributed by atoms with van der Waals surface area (Å²) in [7, 11) is 1.22. The first kappa shape index (κ1) is 30.5. The second-order valence-electron chi connectivity index (χ2n) is 10.1. The van der Waals surface area contributed by atoms with Crippen LogP contribution in [0.2, 0.25) is 0 Å². The van der Waals surface area contributed by atoms with Gasteiger partial charge >= 0.3 is 12.1 Å². The number of hydrogen-bond acceptors (Lipinski definition) is 6. The summed E-state index contributed by atoms with van der Waals surface area (Å²) in [5, 5.41) is 5.22. The van der Waals surface area contributed by atoms with Crippen molar-refractivity contribution < 1.29 is 28.7 Å². The maximum Gasteiger partial charge on any atom is 0.408 e. The number of amides is 3. The summed E-state index contributed by atoms with van der Waals surface area (Å²) in [6.07, 6.45) is 5.07. The van der Waals surface area contributed by atoms with Gasteiger partial charge in [0.05, 0.1) is 7.11 Å². The molecular formula is C27H39N3O6. The maximum absolute atomic E-state index is 13.9. The normalized spacial score (nSPS) is 12.8. The van der Waals surface area contributed by atoms with Gasteiger partial charge in [-0.1, -0.05) is 31.9 Å². The number of carbonyl (C=O) groups is 4. The smallest absolute Gasteiger partial charge is 0.408 e. The van der Waals surface area contributed by atoms with E-state index in [-0.39, 0.29) is 12.5 Å². The molecule has 9 nitrogen and oxygen atoms in total. The van der Waals surface area contributed by atoms with Gasteiger partial charge in [-0.05, 0) is 64.7 Å². The van der Waals surface area contributed by atoms with E-state index in [0.717, 1.165) is 0 Å². The third-order valence-corrected chi connectivity index (χ3v) is 5.06. The summed E-state index contributed by atoms with van der Waals surface area (Å²) in [4.78, 5) is 52.9. The molecule has 1 rings (SSSR count). The summed E-state index contributed by atoms with van der Waals surface area (Å²) in [5.41, 5.74) is 0.362. The lowest BCUT2D eigenvalue weighted by Gasteiger charge is -2.37. The molecule has 198 valence electrons. The third-order valence-electron chi connectivity index (χ3n) is 5.06. The zero-order valence-electron chi connectivity index (χ0n) is 22.5. The van der Waals surface area contributed by atoms with E-state index in [0.29, 0.717) is 17.5 Å². The first-order chi connectivity index (χ1) is 16.7. The molecule has 0 aliphatic heterocycles. The quantitative estimate of drug-likeness (QED) is 0.376. The molecule has 2 N–H and O–H groups in total. The van der Waals surface area contributed by atoms with Crippen LogP contribution in [-0.4, -0.2) is 60.1 Å². The fraction of sp³-hybridized carbons (Fsp3) is 0.556. The van der Waals surface area contributed by atoms with Gasteiger partial charge in [-0.2, -0.15) is 0 Å². The second-order valence-corrected chi connectivity index (χ2v) is 10.1. The fourth-order valence-corrected chi connectivity index (χ4v) is 3.53. The van der Waals surface area contributed by atoms with Gasteiger partial charge in [0.2, 0.25) is 11.8 Å². The third kappa shape index (κ3) is 9.61. The summed E-state index contributed by atoms with van der Waals surface area (Å²) >= 11 is 0. The number of hydrogen-bond donors (Lipinski definition) is 2. The highest BCUT2D eigenvalue weighted by Gasteiger charge is 2.38. The lowest BCUT2D eigenvalue weighted by Crippen LogP contribution is -2.55. The van der Waals surface area contributed by atoms with Gasteiger partial charge in [0.25, 0.3) is 0 Å². The Morgan fingerprint density at radius 3 is 2.08 bits per heavy atom. The van der Waals surface area contributed by atoms with E-state index in [2.05, 4.69) is 21.3 Å². The summed E-state index contributed by atoms with van der Waals surface area (Å²) in [5.74, 6) is 0.925. The maximum atomic E-state index is 13.9. The van der Waals surface area contributed by atoms with Crippen LogP contribution in [0.3, 0.4) is 0 Å². The highest BCUT2D eigenvalue weighted by Crippen LogP contribution is 2.26. The summed E-state index contributed by atoms with van der Waals surface area (Å²) in [6.45, 7) is 12.2. The van der Waals surface area contributed by atoms with Crippen molar-refractivity contribution in [2.24, 2.45) is 5.92 Å². The summed E-state index contributed by atoms with van der Waals surface area (Å²) in [6, 6.07) is 4.20. The van der Waals surface area contributed by atoms with E-state index in [4.69, 9.17) is 11.2 Å². The number of benzene rings is 1. The Bertz CT molecular complexity index is 957. The minimum atomic E-state index is -1.09. The first-order valence-corrected chi connectivity index (χ1v) is 11.9. The van der Waals surface area contributed by atoms with Crippen molar-refractivity contribution in [2.75, 3.05) is 13.7 Å². The topological polar surface area (TPSA) is 114 Å². The molecule has 0 heterocycles. The van der Waals surface area contributed by atoms with Crippen LogP contribution in [0.25, 0.3) is 0 Å². The Balaban J connectivity index is 3.46. The Hall–Kier alpha value is -3.54. The molecule has 1 aromatic rings. The van der Waals surface area contributed by atoms with Gasteiger partial charge in [-0.25, -0.2) is 4.79 Å². The van der Waals surface area contributed by atoms with Gasteiger partial charge in [0.15, 0.2) is 0 Å². The molecule has 0 bridgehead atoms. The van der Waals surface area contributed by atoms with Crippen LogP contribution in [0.1, 0.15) is 72.1 Å². The zero-order chi connectivity index (χ0) is 27.6. The molecule has 36 heavy (non-hydrogen) atoms. The number of terminal acetylenes is 1. The van der Waals surface area contributed by atoms with Crippen molar-refractivity contribution >= 4 is 23.9 Å². The van der Waals surface area contributed by atoms with E-state index in [1.54, 1.807) is 58.9 Å². The van der Waals surface area contributed by atoms with Crippen LogP contribution in [0.4, 0.5) is 4.79 Å². The minimum absolute atomic E-state index is 0.0596. The monoisotopic (exact) mass is 501 g/mol. The van der Waals surface area contributed by atoms with Crippen molar-refractivity contribution in [2.45, 2.75) is 78.6 Å². The number of esters is 1. The average Bonchev–Trinajstić information content (AvgIpc) is 2.78. The molecule has 0 spiro atoms. The molecule has 0 aliphatic carbocycles. The number of methoxy groups -OCH3 is 1. The second kappa shape index (κ2) is 13.5. The van der Waals surface area contributed by atoms with Crippen LogP contribution in [0.5, 0.6) is 0 Å². The molecule has 1 aromatic carbocycles. The predicted octanol–water partition coefficient (Wildman–Crippen LogP) is 3.17. The van der Waals surface area contributed by atoms with Crippen LogP contribution in [-0.2, 0) is 23.9 Å². The number of rotatable bonds is 10. The molecule has 2 unspecified atom stereocenters. The van der Waals surface area contributed by atoms with E-state index >= 15 is 0 Å². The van der Waals surface area contributed by atoms with Crippen LogP contribution >= 0.6 is 0 Å². The fourth-order valence-electron chi connectivity index (χ4n) is 3.53. The highest BCUT2D eigenvalue weighted by molar-refractivity contribution is 5.93. The molecule has 0 aliphatic rings. The predicted molar refractivity (Wildman–Crippen MR) is 137 cm³/mol. The highest BCUT2D eigenvalue weighted by atomic mass is 16.6. The van der Waals surface area contributed by atoms with E-state index < -0.39 is 47.6 Å². The van der Waals surface area contributed by atoms with Crippen molar-refractivity contribution in [3.05, 3.63) is 35.4 Å². The minimum Gasteiger partial charge on any atom is -0.468 e. The molecule has 0 radical (unpaired) electrons. The van der Waals surface area contributed by atoms with Crippen LogP contribution in [0.15, 0.2) is 24.3 Å². The molecule has 0 saturated carbocycles. The largest absolute Gasteiger partial charge is 0.468 e. The van der Waals surface area contributed by atoms with Crippen molar-refractivity contribution in [1.29, 1.82) is 0 Å². The van der Waals surface area contributed by atoms with Gasteiger partial charge in [-0.15, -0.1) is 6.42 Å². The number of nitrogens with one attached hydrogen (secondary N) is 2. The summed E-state index contributed by atoms with van der Waals surface area (Å²) < 4.78 is 9.98. The van der Waals surface area contributed by atoms with Gasteiger partial charge in [-0.3, -0.25) is 14.4 Å². The number of ether oxygens (including phenoxy) is 2. The Morgan fingerprint density at radius 1 is 1.06 bits per heavy atom. The Labute approximate surface area is 214 Å². The van der Waals surface area contributed by atoms with Crippen LogP contribution < -0.4 is 10.6 Å². The zero-order valence-corrected chi connectivity index (χ0v) is 22.5. The van der Waals surface area contributed by atoms with E-state index in [1.165, 1.54) is 12.0 Å². The first-order valence-electron chi connectivity index (χ1n) is 11.9. The molecular weight excluding hydrogens is 462 g/mol. The molecule has 9 heteroatoms. The SMILES string of the molecule is C#Cc1ccc(C(C(=O)NCC(=O)OC)N(C(=O)C(CC(C)C)NC(=O)OC(C)(C)C)C(C)C)cc1. The van der Waals surface area contributed by atoms with Crippen molar-refractivity contribution in [3.8, 4) is 12.3 Å². The van der Waals surface area contributed by atoms with Gasteiger partial charge in [0, 0.05) is 11.6 Å². The van der Waals surface area contributed by atoms with E-state index in [1.807, 2.05) is 13.8 Å². The van der Waals surface area contributed by atoms with Crippen LogP contribution in [0, 0.1) is 18.3 Å². The lowest BCUT2D eigenvalue weighted by atomic mass is 9.97. The molecule has 3 amide bonds.